The molecule has 3 aromatic rings. The summed E-state index contributed by atoms with van der Waals surface area (Å²) in [7, 11) is 0. The van der Waals surface area contributed by atoms with Gasteiger partial charge in [0.1, 0.15) is 5.75 Å². The number of H-pyrrole nitrogens is 1. The number of aromatic nitrogens is 2. The zero-order valence-electron chi connectivity index (χ0n) is 19.4. The Morgan fingerprint density at radius 3 is 2.44 bits per heavy atom. The number of carbonyl (C=O) groups is 1. The fraction of sp³-hybridized carbons (Fsp3) is 0.417. The SMILES string of the molecule is CC(C)Oc1cc2[nH]c(Nc3c(Cl)ccc(Cl)c3F)nc2cc1C(=O)NC1CCC(C(F)(F)F)CC1. The van der Waals surface area contributed by atoms with Crippen LogP contribution in [0.4, 0.5) is 29.2 Å². The molecule has 0 atom stereocenters. The van der Waals surface area contributed by atoms with E-state index in [1.807, 2.05) is 0 Å². The summed E-state index contributed by atoms with van der Waals surface area (Å²) in [5.74, 6) is -2.11. The van der Waals surface area contributed by atoms with Crippen molar-refractivity contribution in [3.05, 3.63) is 45.7 Å². The first kappa shape index (κ1) is 26.3. The zero-order valence-corrected chi connectivity index (χ0v) is 20.9. The third-order valence-corrected chi connectivity index (χ3v) is 6.61. The zero-order chi connectivity index (χ0) is 26.2. The summed E-state index contributed by atoms with van der Waals surface area (Å²) in [6.07, 6.45) is -4.06. The second-order valence-corrected chi connectivity index (χ2v) is 9.84. The van der Waals surface area contributed by atoms with Gasteiger partial charge >= 0.3 is 6.18 Å². The Kier molecular flexibility index (Phi) is 7.56. The number of hydrogen-bond acceptors (Lipinski definition) is 4. The Morgan fingerprint density at radius 1 is 1.14 bits per heavy atom. The molecule has 36 heavy (non-hydrogen) atoms. The summed E-state index contributed by atoms with van der Waals surface area (Å²) in [4.78, 5) is 20.5. The van der Waals surface area contributed by atoms with Crippen LogP contribution in [-0.2, 0) is 0 Å². The third-order valence-electron chi connectivity index (χ3n) is 6.00. The molecule has 1 saturated carbocycles. The van der Waals surface area contributed by atoms with E-state index in [0.717, 1.165) is 0 Å². The number of alkyl halides is 3. The fourth-order valence-electron chi connectivity index (χ4n) is 4.21. The van der Waals surface area contributed by atoms with Gasteiger partial charge in [-0.05, 0) is 57.7 Å². The van der Waals surface area contributed by atoms with E-state index in [1.54, 1.807) is 19.9 Å². The molecule has 1 amide bonds. The summed E-state index contributed by atoms with van der Waals surface area (Å²) >= 11 is 11.9. The summed E-state index contributed by atoms with van der Waals surface area (Å²) in [6, 6.07) is 5.51. The van der Waals surface area contributed by atoms with Crippen molar-refractivity contribution in [1.82, 2.24) is 15.3 Å². The van der Waals surface area contributed by atoms with Crippen LogP contribution < -0.4 is 15.4 Å². The van der Waals surface area contributed by atoms with Crippen LogP contribution >= 0.6 is 23.2 Å². The molecule has 0 radical (unpaired) electrons. The molecule has 0 saturated heterocycles. The number of fused-ring (bicyclic) bond motifs is 1. The molecule has 1 aromatic heterocycles. The molecular formula is C24H24Cl2F4N4O2. The molecule has 0 bridgehead atoms. The molecule has 194 valence electrons. The van der Waals surface area contributed by atoms with E-state index in [4.69, 9.17) is 27.9 Å². The minimum atomic E-state index is -4.22. The number of amides is 1. The van der Waals surface area contributed by atoms with Gasteiger partial charge in [0.15, 0.2) is 5.82 Å². The van der Waals surface area contributed by atoms with Gasteiger partial charge in [-0.15, -0.1) is 0 Å². The van der Waals surface area contributed by atoms with Crippen molar-refractivity contribution in [3.8, 4) is 5.75 Å². The molecule has 6 nitrogen and oxygen atoms in total. The predicted octanol–water partition coefficient (Wildman–Crippen LogP) is 7.39. The van der Waals surface area contributed by atoms with Gasteiger partial charge in [-0.1, -0.05) is 23.2 Å². The number of nitrogens with zero attached hydrogens (tertiary/aromatic N) is 1. The molecular weight excluding hydrogens is 523 g/mol. The lowest BCUT2D eigenvalue weighted by molar-refractivity contribution is -0.182. The van der Waals surface area contributed by atoms with Gasteiger partial charge in [-0.2, -0.15) is 13.2 Å². The number of rotatable bonds is 6. The lowest BCUT2D eigenvalue weighted by Gasteiger charge is -2.30. The van der Waals surface area contributed by atoms with E-state index in [9.17, 15) is 22.4 Å². The van der Waals surface area contributed by atoms with Gasteiger partial charge in [0.25, 0.3) is 5.91 Å². The van der Waals surface area contributed by atoms with E-state index >= 15 is 0 Å². The van der Waals surface area contributed by atoms with Crippen LogP contribution in [0, 0.1) is 11.7 Å². The lowest BCUT2D eigenvalue weighted by atomic mass is 9.85. The number of halogens is 6. The summed E-state index contributed by atoms with van der Waals surface area (Å²) in [5.41, 5.74) is 1.03. The largest absolute Gasteiger partial charge is 0.490 e. The topological polar surface area (TPSA) is 79.0 Å². The highest BCUT2D eigenvalue weighted by atomic mass is 35.5. The molecule has 1 aliphatic rings. The standard InChI is InChI=1S/C24H24Cl2F4N4O2/c1-11(2)36-19-10-18-17(32-23(33-18)34-21-16(26)8-7-15(25)20(21)27)9-14(19)22(35)31-13-5-3-12(4-6-13)24(28,29)30/h7-13H,3-6H2,1-2H3,(H,31,35)(H2,32,33,34). The van der Waals surface area contributed by atoms with Gasteiger partial charge in [-0.3, -0.25) is 4.79 Å². The average Bonchev–Trinajstić information content (AvgIpc) is 3.19. The monoisotopic (exact) mass is 546 g/mol. The number of imidazole rings is 1. The Hall–Kier alpha value is -2.72. The van der Waals surface area contributed by atoms with Crippen LogP contribution in [0.25, 0.3) is 11.0 Å². The van der Waals surface area contributed by atoms with Gasteiger partial charge in [-0.25, -0.2) is 9.37 Å². The normalized spacial score (nSPS) is 18.5. The highest BCUT2D eigenvalue weighted by Gasteiger charge is 2.41. The lowest BCUT2D eigenvalue weighted by Crippen LogP contribution is -2.40. The maximum atomic E-state index is 14.4. The van der Waals surface area contributed by atoms with Crippen LogP contribution in [0.15, 0.2) is 24.3 Å². The molecule has 12 heteroatoms. The quantitative estimate of drug-likeness (QED) is 0.222. The van der Waals surface area contributed by atoms with E-state index in [1.165, 1.54) is 18.2 Å². The molecule has 0 spiro atoms. The van der Waals surface area contributed by atoms with Crippen molar-refractivity contribution >= 4 is 51.8 Å². The number of aromatic amines is 1. The van der Waals surface area contributed by atoms with Crippen LogP contribution in [0.5, 0.6) is 5.75 Å². The van der Waals surface area contributed by atoms with E-state index in [-0.39, 0.29) is 70.8 Å². The van der Waals surface area contributed by atoms with Crippen LogP contribution in [-0.4, -0.2) is 34.2 Å². The molecule has 0 aliphatic heterocycles. The molecule has 3 N–H and O–H groups in total. The van der Waals surface area contributed by atoms with E-state index in [0.29, 0.717) is 11.0 Å². The smallest absolute Gasteiger partial charge is 0.391 e. The second-order valence-electron chi connectivity index (χ2n) is 9.02. The molecule has 4 rings (SSSR count). The van der Waals surface area contributed by atoms with Crippen molar-refractivity contribution in [1.29, 1.82) is 0 Å². The van der Waals surface area contributed by atoms with Crippen molar-refractivity contribution in [2.24, 2.45) is 5.92 Å². The first-order chi connectivity index (χ1) is 16.9. The summed E-state index contributed by atoms with van der Waals surface area (Å²) in [5, 5.41) is 5.58. The van der Waals surface area contributed by atoms with Crippen LogP contribution in [0.1, 0.15) is 49.9 Å². The maximum Gasteiger partial charge on any atom is 0.391 e. The first-order valence-electron chi connectivity index (χ1n) is 11.4. The van der Waals surface area contributed by atoms with Crippen LogP contribution in [0.2, 0.25) is 10.0 Å². The number of nitrogens with one attached hydrogen (secondary N) is 3. The Morgan fingerprint density at radius 2 is 1.81 bits per heavy atom. The molecule has 2 aromatic carbocycles. The van der Waals surface area contributed by atoms with Gasteiger partial charge in [0, 0.05) is 12.1 Å². The molecule has 0 unspecified atom stereocenters. The fourth-order valence-corrected chi connectivity index (χ4v) is 4.56. The van der Waals surface area contributed by atoms with Crippen molar-refractivity contribution < 1.29 is 27.1 Å². The number of hydrogen-bond donors (Lipinski definition) is 3. The molecule has 1 heterocycles. The highest BCUT2D eigenvalue weighted by Crippen LogP contribution is 2.38. The van der Waals surface area contributed by atoms with Gasteiger partial charge < -0.3 is 20.4 Å². The van der Waals surface area contributed by atoms with Crippen LogP contribution in [0.3, 0.4) is 0 Å². The van der Waals surface area contributed by atoms with E-state index in [2.05, 4.69) is 20.6 Å². The number of benzene rings is 2. The average molecular weight is 547 g/mol. The van der Waals surface area contributed by atoms with E-state index < -0.39 is 23.8 Å². The number of carbonyl (C=O) groups excluding carboxylic acids is 1. The maximum absolute atomic E-state index is 14.4. The second kappa shape index (κ2) is 10.3. The third kappa shape index (κ3) is 5.81. The number of ether oxygens (including phenoxy) is 1. The molecule has 1 fully saturated rings. The highest BCUT2D eigenvalue weighted by molar-refractivity contribution is 6.35. The Bertz CT molecular complexity index is 1270. The Balaban J connectivity index is 1.58. The minimum absolute atomic E-state index is 0.0279. The predicted molar refractivity (Wildman–Crippen MR) is 131 cm³/mol. The molecule has 1 aliphatic carbocycles. The minimum Gasteiger partial charge on any atom is -0.490 e. The van der Waals surface area contributed by atoms with Crippen molar-refractivity contribution in [2.45, 2.75) is 57.9 Å². The van der Waals surface area contributed by atoms with Crippen molar-refractivity contribution in [2.75, 3.05) is 5.32 Å². The number of anilines is 2. The van der Waals surface area contributed by atoms with Gasteiger partial charge in [0.2, 0.25) is 5.95 Å². The summed E-state index contributed by atoms with van der Waals surface area (Å²) in [6.45, 7) is 3.60. The summed E-state index contributed by atoms with van der Waals surface area (Å²) < 4.78 is 59.2. The Labute approximate surface area is 214 Å². The van der Waals surface area contributed by atoms with Gasteiger partial charge in [0.05, 0.1) is 44.4 Å². The first-order valence-corrected chi connectivity index (χ1v) is 12.2. The van der Waals surface area contributed by atoms with Crippen molar-refractivity contribution in [3.63, 3.8) is 0 Å².